The smallest absolute Gasteiger partial charge is 0.248 e. The zero-order chi connectivity index (χ0) is 17.0. The number of rotatable bonds is 6. The number of hydrogen-bond donors (Lipinski definition) is 2. The van der Waals surface area contributed by atoms with E-state index in [1.165, 1.54) is 0 Å². The summed E-state index contributed by atoms with van der Waals surface area (Å²) < 4.78 is 0. The summed E-state index contributed by atoms with van der Waals surface area (Å²) in [6.45, 7) is 8.15. The molecule has 0 radical (unpaired) electrons. The first kappa shape index (κ1) is 17.3. The molecule has 0 spiro atoms. The van der Waals surface area contributed by atoms with Crippen LogP contribution in [0, 0.1) is 0 Å². The van der Waals surface area contributed by atoms with Crippen molar-refractivity contribution >= 4 is 5.91 Å². The van der Waals surface area contributed by atoms with Gasteiger partial charge >= 0.3 is 0 Å². The lowest BCUT2D eigenvalue weighted by Gasteiger charge is -2.31. The van der Waals surface area contributed by atoms with Gasteiger partial charge in [-0.1, -0.05) is 51.1 Å². The third kappa shape index (κ3) is 3.64. The second kappa shape index (κ2) is 7.47. The summed E-state index contributed by atoms with van der Waals surface area (Å²) in [5.41, 5.74) is 7.70. The fourth-order valence-corrected chi connectivity index (χ4v) is 3.30. The molecule has 1 aromatic rings. The Bertz CT molecular complexity index is 630. The summed E-state index contributed by atoms with van der Waals surface area (Å²) in [7, 11) is 0. The molecule has 3 N–H and O–H groups in total. The topological polar surface area (TPSA) is 66.6 Å². The van der Waals surface area contributed by atoms with Crippen LogP contribution in [-0.2, 0) is 0 Å². The second-order valence-electron chi connectivity index (χ2n) is 5.93. The first-order valence-electron chi connectivity index (χ1n) is 8.22. The molecular weight excluding hydrogens is 288 g/mol. The van der Waals surface area contributed by atoms with Crippen LogP contribution < -0.4 is 5.73 Å². The van der Waals surface area contributed by atoms with Crippen molar-refractivity contribution in [2.24, 2.45) is 5.73 Å². The Morgan fingerprint density at radius 1 is 1.35 bits per heavy atom. The minimum Gasteiger partial charge on any atom is -0.512 e. The predicted octanol–water partition coefficient (Wildman–Crippen LogP) is 3.37. The van der Waals surface area contributed by atoms with Gasteiger partial charge < -0.3 is 10.8 Å². The zero-order valence-electron chi connectivity index (χ0n) is 14.1. The highest BCUT2D eigenvalue weighted by atomic mass is 16.3. The van der Waals surface area contributed by atoms with Crippen molar-refractivity contribution in [3.05, 3.63) is 58.9 Å². The summed E-state index contributed by atoms with van der Waals surface area (Å²) in [5.74, 6) is -0.114. The van der Waals surface area contributed by atoms with Gasteiger partial charge in [0.1, 0.15) is 0 Å². The van der Waals surface area contributed by atoms with Crippen LogP contribution in [0.2, 0.25) is 0 Å². The van der Waals surface area contributed by atoms with Crippen LogP contribution in [0.15, 0.2) is 47.7 Å². The molecule has 1 amide bonds. The minimum absolute atomic E-state index is 0.0763. The van der Waals surface area contributed by atoms with Gasteiger partial charge in [0.25, 0.3) is 0 Å². The van der Waals surface area contributed by atoms with Crippen molar-refractivity contribution in [3.8, 4) is 0 Å². The van der Waals surface area contributed by atoms with Gasteiger partial charge in [-0.15, -0.1) is 0 Å². The molecule has 2 unspecified atom stereocenters. The molecule has 1 aromatic carbocycles. The maximum atomic E-state index is 11.6. The van der Waals surface area contributed by atoms with E-state index >= 15 is 0 Å². The Kier molecular flexibility index (Phi) is 5.61. The number of benzene rings is 1. The third-order valence-corrected chi connectivity index (χ3v) is 4.67. The quantitative estimate of drug-likeness (QED) is 0.846. The Morgan fingerprint density at radius 2 is 2.00 bits per heavy atom. The number of primary amides is 1. The number of carbonyl (C=O) groups is 1. The molecule has 23 heavy (non-hydrogen) atoms. The Hall–Kier alpha value is -2.07. The lowest BCUT2D eigenvalue weighted by molar-refractivity contribution is 0.0999. The standard InChI is InChI=1S/C19H26N2O2/c1-4-21(5-2)14-10-11-16(18(22)12-14)13(3)15-8-6-7-9-17(15)19(20)23/h6-11,13-14,22H,4-5,12H2,1-3H3,(H2,20,23). The number of hydrogen-bond acceptors (Lipinski definition) is 3. The number of nitrogens with zero attached hydrogens (tertiary/aromatic N) is 1. The Balaban J connectivity index is 2.28. The number of carbonyl (C=O) groups excluding carboxylic acids is 1. The summed E-state index contributed by atoms with van der Waals surface area (Å²) in [4.78, 5) is 13.9. The molecule has 0 fully saturated rings. The third-order valence-electron chi connectivity index (χ3n) is 4.67. The van der Waals surface area contributed by atoms with Gasteiger partial charge in [-0.05, 0) is 30.3 Å². The van der Waals surface area contributed by atoms with E-state index in [-0.39, 0.29) is 12.0 Å². The maximum Gasteiger partial charge on any atom is 0.248 e. The van der Waals surface area contributed by atoms with Crippen molar-refractivity contribution in [2.75, 3.05) is 13.1 Å². The molecule has 0 heterocycles. The number of amides is 1. The van der Waals surface area contributed by atoms with Gasteiger partial charge in [-0.25, -0.2) is 0 Å². The van der Waals surface area contributed by atoms with Gasteiger partial charge in [0.05, 0.1) is 5.76 Å². The highest BCUT2D eigenvalue weighted by Gasteiger charge is 2.25. The average molecular weight is 314 g/mol. The summed E-state index contributed by atoms with van der Waals surface area (Å²) >= 11 is 0. The first-order chi connectivity index (χ1) is 11.0. The van der Waals surface area contributed by atoms with E-state index in [4.69, 9.17) is 5.73 Å². The molecule has 1 aliphatic rings. The molecule has 0 saturated heterocycles. The monoisotopic (exact) mass is 314 g/mol. The van der Waals surface area contributed by atoms with E-state index in [1.807, 2.05) is 25.1 Å². The lowest BCUT2D eigenvalue weighted by Crippen LogP contribution is -2.35. The van der Waals surface area contributed by atoms with Gasteiger partial charge in [0.15, 0.2) is 0 Å². The van der Waals surface area contributed by atoms with Crippen LogP contribution in [-0.4, -0.2) is 35.0 Å². The second-order valence-corrected chi connectivity index (χ2v) is 5.93. The van der Waals surface area contributed by atoms with Crippen molar-refractivity contribution in [1.29, 1.82) is 0 Å². The molecule has 2 rings (SSSR count). The average Bonchev–Trinajstić information content (AvgIpc) is 2.55. The van der Waals surface area contributed by atoms with Gasteiger partial charge in [0.2, 0.25) is 5.91 Å². The van der Waals surface area contributed by atoms with E-state index < -0.39 is 5.91 Å². The van der Waals surface area contributed by atoms with Crippen LogP contribution in [0.5, 0.6) is 0 Å². The van der Waals surface area contributed by atoms with Crippen LogP contribution in [0.25, 0.3) is 0 Å². The van der Waals surface area contributed by atoms with Crippen LogP contribution in [0.1, 0.15) is 49.0 Å². The predicted molar refractivity (Wildman–Crippen MR) is 93.5 cm³/mol. The molecule has 0 saturated carbocycles. The highest BCUT2D eigenvalue weighted by Crippen LogP contribution is 2.33. The molecular formula is C19H26N2O2. The molecule has 124 valence electrons. The lowest BCUT2D eigenvalue weighted by atomic mass is 9.85. The number of aliphatic hydroxyl groups is 1. The largest absolute Gasteiger partial charge is 0.512 e. The fourth-order valence-electron chi connectivity index (χ4n) is 3.30. The molecule has 0 aromatic heterocycles. The maximum absolute atomic E-state index is 11.6. The van der Waals surface area contributed by atoms with Gasteiger partial charge in [-0.3, -0.25) is 9.69 Å². The van der Waals surface area contributed by atoms with Crippen molar-refractivity contribution in [1.82, 2.24) is 4.90 Å². The Morgan fingerprint density at radius 3 is 2.57 bits per heavy atom. The van der Waals surface area contributed by atoms with Crippen molar-refractivity contribution in [2.45, 2.75) is 39.2 Å². The van der Waals surface area contributed by atoms with Gasteiger partial charge in [-0.2, -0.15) is 0 Å². The number of aliphatic hydroxyl groups excluding tert-OH is 1. The molecule has 0 aliphatic heterocycles. The van der Waals surface area contributed by atoms with E-state index in [2.05, 4.69) is 24.8 Å². The summed E-state index contributed by atoms with van der Waals surface area (Å²) in [5, 5.41) is 10.5. The zero-order valence-corrected chi connectivity index (χ0v) is 14.1. The molecule has 4 nitrogen and oxygen atoms in total. The number of likely N-dealkylation sites (N-methyl/N-ethyl adjacent to an activating group) is 1. The molecule has 1 aliphatic carbocycles. The van der Waals surface area contributed by atoms with E-state index in [0.717, 1.165) is 24.2 Å². The normalized spacial score (nSPS) is 19.2. The van der Waals surface area contributed by atoms with Crippen LogP contribution in [0.4, 0.5) is 0 Å². The molecule has 4 heteroatoms. The van der Waals surface area contributed by atoms with Crippen LogP contribution in [0.3, 0.4) is 0 Å². The van der Waals surface area contributed by atoms with Crippen molar-refractivity contribution < 1.29 is 9.90 Å². The van der Waals surface area contributed by atoms with Crippen LogP contribution >= 0.6 is 0 Å². The molecule has 0 bridgehead atoms. The van der Waals surface area contributed by atoms with Crippen molar-refractivity contribution in [3.63, 3.8) is 0 Å². The van der Waals surface area contributed by atoms with E-state index in [0.29, 0.717) is 17.7 Å². The molecule has 2 atom stereocenters. The van der Waals surface area contributed by atoms with E-state index in [1.54, 1.807) is 12.1 Å². The summed E-state index contributed by atoms with van der Waals surface area (Å²) in [6.07, 6.45) is 4.74. The first-order valence-corrected chi connectivity index (χ1v) is 8.22. The summed E-state index contributed by atoms with van der Waals surface area (Å²) in [6, 6.07) is 7.55. The minimum atomic E-state index is -0.437. The Labute approximate surface area is 138 Å². The fraction of sp³-hybridized carbons (Fsp3) is 0.421. The van der Waals surface area contributed by atoms with Gasteiger partial charge in [0, 0.05) is 23.9 Å². The number of nitrogens with two attached hydrogens (primary N) is 1. The SMILES string of the molecule is CCN(CC)C1C=CC(C(C)c2ccccc2C(N)=O)=C(O)C1. The highest BCUT2D eigenvalue weighted by molar-refractivity contribution is 5.94. The van der Waals surface area contributed by atoms with E-state index in [9.17, 15) is 9.90 Å². The number of allylic oxidation sites excluding steroid dienone is 2.